The average Bonchev–Trinajstić information content (AvgIpc) is 2.55. The van der Waals surface area contributed by atoms with Crippen molar-refractivity contribution in [3.05, 3.63) is 29.8 Å². The predicted octanol–water partition coefficient (Wildman–Crippen LogP) is 3.50. The number of aryl methyl sites for hydroxylation is 1. The van der Waals surface area contributed by atoms with Crippen molar-refractivity contribution in [1.82, 2.24) is 4.57 Å². The van der Waals surface area contributed by atoms with Crippen molar-refractivity contribution in [1.29, 1.82) is 0 Å². The van der Waals surface area contributed by atoms with Gasteiger partial charge < -0.3 is 4.57 Å². The molecule has 0 aliphatic rings. The van der Waals surface area contributed by atoms with E-state index in [1.807, 2.05) is 16.7 Å². The molecule has 2 rings (SSSR count). The Kier molecular flexibility index (Phi) is 2.63. The van der Waals surface area contributed by atoms with Gasteiger partial charge >= 0.3 is 0 Å². The summed E-state index contributed by atoms with van der Waals surface area (Å²) in [4.78, 5) is 14.1. The lowest BCUT2D eigenvalue weighted by Crippen LogP contribution is -1.99. The first-order valence-corrected chi connectivity index (χ1v) is 5.33. The fraction of sp³-hybridized carbons (Fsp3) is 0.308. The zero-order chi connectivity index (χ0) is 11.7. The van der Waals surface area contributed by atoms with Crippen molar-refractivity contribution in [2.24, 2.45) is 4.99 Å². The molecule has 1 heterocycles. The molecule has 0 atom stereocenters. The molecule has 1 aromatic carbocycles. The topological polar surface area (TPSA) is 34.4 Å². The minimum atomic E-state index is 0.270. The summed E-state index contributed by atoms with van der Waals surface area (Å²) < 4.78 is 2.05. The first-order valence-electron chi connectivity index (χ1n) is 5.33. The molecule has 2 aromatic rings. The second-order valence-electron chi connectivity index (χ2n) is 4.23. The monoisotopic (exact) mass is 214 g/mol. The molecule has 0 N–H and O–H groups in total. The summed E-state index contributed by atoms with van der Waals surface area (Å²) in [5, 5.41) is 1.10. The van der Waals surface area contributed by atoms with E-state index >= 15 is 0 Å². The predicted molar refractivity (Wildman–Crippen MR) is 64.8 cm³/mol. The van der Waals surface area contributed by atoms with Crippen LogP contribution in [0, 0.1) is 6.92 Å². The second kappa shape index (κ2) is 3.95. The molecule has 0 aliphatic heterocycles. The fourth-order valence-corrected chi connectivity index (χ4v) is 1.99. The number of nitrogens with zero attached hydrogens (tertiary/aromatic N) is 2. The van der Waals surface area contributed by atoms with Crippen LogP contribution in [0.15, 0.2) is 29.3 Å². The second-order valence-corrected chi connectivity index (χ2v) is 4.23. The highest BCUT2D eigenvalue weighted by atomic mass is 16.1. The van der Waals surface area contributed by atoms with Crippen molar-refractivity contribution in [3.63, 3.8) is 0 Å². The van der Waals surface area contributed by atoms with E-state index in [0.717, 1.165) is 10.9 Å². The fourth-order valence-electron chi connectivity index (χ4n) is 1.99. The number of hydrogen-bond acceptors (Lipinski definition) is 2. The van der Waals surface area contributed by atoms with Crippen LogP contribution in [0.5, 0.6) is 0 Å². The molecule has 3 nitrogen and oxygen atoms in total. The van der Waals surface area contributed by atoms with E-state index < -0.39 is 0 Å². The molecule has 16 heavy (non-hydrogen) atoms. The van der Waals surface area contributed by atoms with Crippen LogP contribution in [-0.2, 0) is 4.79 Å². The van der Waals surface area contributed by atoms with Gasteiger partial charge in [0, 0.05) is 11.4 Å². The van der Waals surface area contributed by atoms with Crippen LogP contribution in [0.2, 0.25) is 0 Å². The van der Waals surface area contributed by atoms with Crippen LogP contribution in [0.25, 0.3) is 10.9 Å². The highest BCUT2D eigenvalue weighted by Crippen LogP contribution is 2.29. The summed E-state index contributed by atoms with van der Waals surface area (Å²) in [5.41, 5.74) is 2.32. The molecule has 0 fully saturated rings. The Labute approximate surface area is 94.4 Å². The van der Waals surface area contributed by atoms with E-state index in [4.69, 9.17) is 0 Å². The van der Waals surface area contributed by atoms with Crippen LogP contribution in [0.3, 0.4) is 0 Å². The Balaban J connectivity index is 2.82. The lowest BCUT2D eigenvalue weighted by atomic mass is 10.2. The van der Waals surface area contributed by atoms with Gasteiger partial charge in [-0.3, -0.25) is 0 Å². The molecule has 0 aliphatic carbocycles. The standard InChI is InChI=1S/C13H14N2O/c1-9(2)15-12-6-10(3)4-5-11(12)7-13(15)14-8-16/h4-7,9H,1-3H3. The summed E-state index contributed by atoms with van der Waals surface area (Å²) in [6.45, 7) is 6.21. The highest BCUT2D eigenvalue weighted by molar-refractivity contribution is 5.85. The summed E-state index contributed by atoms with van der Waals surface area (Å²) in [7, 11) is 0. The van der Waals surface area contributed by atoms with Crippen LogP contribution < -0.4 is 0 Å². The maximum atomic E-state index is 10.4. The quantitative estimate of drug-likeness (QED) is 0.556. The third-order valence-electron chi connectivity index (χ3n) is 2.65. The zero-order valence-corrected chi connectivity index (χ0v) is 9.69. The minimum Gasteiger partial charge on any atom is -0.323 e. The lowest BCUT2D eigenvalue weighted by molar-refractivity contribution is 0.564. The van der Waals surface area contributed by atoms with Crippen LogP contribution in [0.1, 0.15) is 25.5 Å². The van der Waals surface area contributed by atoms with Crippen LogP contribution >= 0.6 is 0 Å². The molecule has 3 heteroatoms. The first-order chi connectivity index (χ1) is 7.63. The first kappa shape index (κ1) is 10.7. The average molecular weight is 214 g/mol. The van der Waals surface area contributed by atoms with Gasteiger partial charge in [-0.2, -0.15) is 0 Å². The number of isocyanates is 1. The lowest BCUT2D eigenvalue weighted by Gasteiger charge is -2.11. The third-order valence-corrected chi connectivity index (χ3v) is 2.65. The molecule has 0 amide bonds. The Bertz CT molecular complexity index is 575. The van der Waals surface area contributed by atoms with Gasteiger partial charge in [0.1, 0.15) is 5.82 Å². The molecular formula is C13H14N2O. The highest BCUT2D eigenvalue weighted by Gasteiger charge is 2.10. The number of hydrogen-bond donors (Lipinski definition) is 0. The van der Waals surface area contributed by atoms with E-state index in [2.05, 4.69) is 37.9 Å². The molecule has 0 bridgehead atoms. The van der Waals surface area contributed by atoms with Gasteiger partial charge in [-0.1, -0.05) is 12.1 Å². The van der Waals surface area contributed by atoms with Gasteiger partial charge in [0.25, 0.3) is 0 Å². The largest absolute Gasteiger partial charge is 0.323 e. The van der Waals surface area contributed by atoms with Crippen LogP contribution in [0.4, 0.5) is 5.82 Å². The van der Waals surface area contributed by atoms with E-state index in [1.165, 1.54) is 5.56 Å². The van der Waals surface area contributed by atoms with Gasteiger partial charge in [0.15, 0.2) is 0 Å². The van der Waals surface area contributed by atoms with Crippen molar-refractivity contribution in [2.45, 2.75) is 26.8 Å². The van der Waals surface area contributed by atoms with E-state index in [-0.39, 0.29) is 6.04 Å². The third kappa shape index (κ3) is 1.66. The maximum Gasteiger partial charge on any atom is 0.242 e. The molecule has 1 aromatic heterocycles. The SMILES string of the molecule is Cc1ccc2cc(N=C=O)n(C(C)C)c2c1. The summed E-state index contributed by atoms with van der Waals surface area (Å²) in [5.74, 6) is 0.672. The molecule has 0 unspecified atom stereocenters. The molecule has 0 radical (unpaired) electrons. The van der Waals surface area contributed by atoms with Gasteiger partial charge in [-0.05, 0) is 38.5 Å². The van der Waals surface area contributed by atoms with E-state index in [0.29, 0.717) is 5.82 Å². The van der Waals surface area contributed by atoms with Crippen molar-refractivity contribution in [2.75, 3.05) is 0 Å². The Morgan fingerprint density at radius 1 is 1.31 bits per heavy atom. The maximum absolute atomic E-state index is 10.4. The number of rotatable bonds is 2. The normalized spacial score (nSPS) is 10.8. The van der Waals surface area contributed by atoms with E-state index in [1.54, 1.807) is 6.08 Å². The Morgan fingerprint density at radius 3 is 2.69 bits per heavy atom. The van der Waals surface area contributed by atoms with Gasteiger partial charge in [0.2, 0.25) is 6.08 Å². The molecule has 0 saturated heterocycles. The number of benzene rings is 1. The van der Waals surface area contributed by atoms with Crippen molar-refractivity contribution >= 4 is 22.8 Å². The summed E-state index contributed by atoms with van der Waals surface area (Å²) in [6.07, 6.45) is 1.61. The molecule has 0 spiro atoms. The summed E-state index contributed by atoms with van der Waals surface area (Å²) in [6, 6.07) is 8.40. The zero-order valence-electron chi connectivity index (χ0n) is 9.69. The van der Waals surface area contributed by atoms with Crippen LogP contribution in [-0.4, -0.2) is 10.6 Å². The van der Waals surface area contributed by atoms with E-state index in [9.17, 15) is 4.79 Å². The van der Waals surface area contributed by atoms with Crippen molar-refractivity contribution in [3.8, 4) is 0 Å². The minimum absolute atomic E-state index is 0.270. The number of aliphatic imine (C=N–C) groups is 1. The summed E-state index contributed by atoms with van der Waals surface area (Å²) >= 11 is 0. The molecule has 82 valence electrons. The number of fused-ring (bicyclic) bond motifs is 1. The number of aromatic nitrogens is 1. The van der Waals surface area contributed by atoms with Gasteiger partial charge in [-0.15, -0.1) is 4.99 Å². The molecular weight excluding hydrogens is 200 g/mol. The number of carbonyl (C=O) groups excluding carboxylic acids is 1. The van der Waals surface area contributed by atoms with Gasteiger partial charge in [0.05, 0.1) is 5.52 Å². The molecule has 0 saturated carbocycles. The van der Waals surface area contributed by atoms with Crippen molar-refractivity contribution < 1.29 is 4.79 Å². The smallest absolute Gasteiger partial charge is 0.242 e. The van der Waals surface area contributed by atoms with Gasteiger partial charge in [-0.25, -0.2) is 4.79 Å². The Morgan fingerprint density at radius 2 is 2.06 bits per heavy atom. The Hall–Kier alpha value is -1.86.